The number of amides is 1. The summed E-state index contributed by atoms with van der Waals surface area (Å²) in [5, 5.41) is 7.78. The molecule has 1 N–H and O–H groups in total. The van der Waals surface area contributed by atoms with Crippen LogP contribution < -0.4 is 5.32 Å². The third-order valence-corrected chi connectivity index (χ3v) is 5.38. The van der Waals surface area contributed by atoms with Crippen LogP contribution in [0.2, 0.25) is 0 Å². The second-order valence-electron chi connectivity index (χ2n) is 7.48. The number of rotatable bonds is 5. The third-order valence-electron chi connectivity index (χ3n) is 5.38. The largest absolute Gasteiger partial charge is 0.378 e. The first-order valence-corrected chi connectivity index (χ1v) is 10.4. The fourth-order valence-corrected chi connectivity index (χ4v) is 3.74. The number of nitrogens with one attached hydrogen (secondary N) is 1. The van der Waals surface area contributed by atoms with Gasteiger partial charge in [0.05, 0.1) is 19.6 Å². The number of carbonyl (C=O) groups excluding carboxylic acids is 1. The van der Waals surface area contributed by atoms with E-state index in [-0.39, 0.29) is 5.91 Å². The molecule has 0 saturated carbocycles. The molecule has 31 heavy (non-hydrogen) atoms. The molecular weight excluding hydrogens is 390 g/mol. The van der Waals surface area contributed by atoms with Gasteiger partial charge in [0.15, 0.2) is 5.65 Å². The van der Waals surface area contributed by atoms with E-state index in [9.17, 15) is 4.79 Å². The van der Waals surface area contributed by atoms with E-state index in [1.807, 2.05) is 77.8 Å². The van der Waals surface area contributed by atoms with Crippen LogP contribution in [0.1, 0.15) is 5.56 Å². The second kappa shape index (κ2) is 8.57. The lowest BCUT2D eigenvalue weighted by atomic mass is 10.0. The molecule has 2 aromatic carbocycles. The highest BCUT2D eigenvalue weighted by Crippen LogP contribution is 2.25. The number of benzene rings is 2. The number of morpholine rings is 1. The summed E-state index contributed by atoms with van der Waals surface area (Å²) in [5.41, 5.74) is 4.74. The summed E-state index contributed by atoms with van der Waals surface area (Å²) in [7, 11) is 0. The van der Waals surface area contributed by atoms with Gasteiger partial charge in [-0.2, -0.15) is 4.98 Å². The topological polar surface area (TPSA) is 71.8 Å². The smallest absolute Gasteiger partial charge is 0.247 e. The number of hydrogen-bond donors (Lipinski definition) is 1. The minimum atomic E-state index is 0.146. The van der Waals surface area contributed by atoms with Crippen molar-refractivity contribution in [3.63, 3.8) is 0 Å². The standard InChI is InChI=1S/C24H23N5O2/c30-22(28-13-15-31-16-14-28)17-18-8-10-19(11-9-18)21-7-4-12-29-23(21)26-24(27-29)25-20-5-2-1-3-6-20/h1-12H,13-17H2,(H,25,27). The van der Waals surface area contributed by atoms with Crippen LogP contribution in [0.15, 0.2) is 72.9 Å². The lowest BCUT2D eigenvalue weighted by Crippen LogP contribution is -2.41. The number of hydrogen-bond acceptors (Lipinski definition) is 5. The van der Waals surface area contributed by atoms with E-state index in [4.69, 9.17) is 4.74 Å². The van der Waals surface area contributed by atoms with E-state index in [0.29, 0.717) is 38.7 Å². The number of anilines is 2. The quantitative estimate of drug-likeness (QED) is 0.542. The minimum absolute atomic E-state index is 0.146. The van der Waals surface area contributed by atoms with Crippen molar-refractivity contribution in [1.82, 2.24) is 19.5 Å². The van der Waals surface area contributed by atoms with Crippen molar-refractivity contribution in [2.75, 3.05) is 31.6 Å². The molecule has 5 rings (SSSR count). The average molecular weight is 413 g/mol. The lowest BCUT2D eigenvalue weighted by molar-refractivity contribution is -0.134. The normalized spacial score (nSPS) is 14.0. The molecule has 0 aliphatic carbocycles. The monoisotopic (exact) mass is 413 g/mol. The van der Waals surface area contributed by atoms with Gasteiger partial charge in [0, 0.05) is 30.5 Å². The number of aromatic nitrogens is 3. The number of ether oxygens (including phenoxy) is 1. The van der Waals surface area contributed by atoms with Gasteiger partial charge in [0.1, 0.15) is 0 Å². The van der Waals surface area contributed by atoms with Crippen molar-refractivity contribution in [2.45, 2.75) is 6.42 Å². The molecule has 7 heteroatoms. The summed E-state index contributed by atoms with van der Waals surface area (Å²) in [6.45, 7) is 2.58. The molecule has 1 fully saturated rings. The first kappa shape index (κ1) is 19.3. The maximum absolute atomic E-state index is 12.5. The Labute approximate surface area is 180 Å². The molecule has 156 valence electrons. The zero-order chi connectivity index (χ0) is 21.0. The molecule has 0 spiro atoms. The Balaban J connectivity index is 1.35. The molecule has 1 saturated heterocycles. The summed E-state index contributed by atoms with van der Waals surface area (Å²) in [4.78, 5) is 19.0. The fourth-order valence-electron chi connectivity index (χ4n) is 3.74. The number of nitrogens with zero attached hydrogens (tertiary/aromatic N) is 4. The highest BCUT2D eigenvalue weighted by atomic mass is 16.5. The summed E-state index contributed by atoms with van der Waals surface area (Å²) in [6.07, 6.45) is 2.29. The Bertz CT molecular complexity index is 1180. The van der Waals surface area contributed by atoms with E-state index in [0.717, 1.165) is 28.0 Å². The second-order valence-corrected chi connectivity index (χ2v) is 7.48. The maximum Gasteiger partial charge on any atom is 0.247 e. The molecular formula is C24H23N5O2. The molecule has 0 unspecified atom stereocenters. The van der Waals surface area contributed by atoms with Gasteiger partial charge >= 0.3 is 0 Å². The molecule has 7 nitrogen and oxygen atoms in total. The summed E-state index contributed by atoms with van der Waals surface area (Å²) >= 11 is 0. The predicted octanol–water partition coefficient (Wildman–Crippen LogP) is 3.54. The minimum Gasteiger partial charge on any atom is -0.378 e. The molecule has 3 heterocycles. The van der Waals surface area contributed by atoms with Crippen molar-refractivity contribution in [3.8, 4) is 11.1 Å². The Morgan fingerprint density at radius 3 is 2.52 bits per heavy atom. The zero-order valence-electron chi connectivity index (χ0n) is 17.1. The summed E-state index contributed by atoms with van der Waals surface area (Å²) in [6, 6.07) is 21.9. The molecule has 0 atom stereocenters. The average Bonchev–Trinajstić information content (AvgIpc) is 3.23. The van der Waals surface area contributed by atoms with Crippen LogP contribution in [0.3, 0.4) is 0 Å². The number of para-hydroxylation sites is 1. The number of fused-ring (bicyclic) bond motifs is 1. The van der Waals surface area contributed by atoms with Crippen molar-refractivity contribution in [3.05, 3.63) is 78.5 Å². The van der Waals surface area contributed by atoms with Gasteiger partial charge in [-0.05, 0) is 35.4 Å². The first-order valence-electron chi connectivity index (χ1n) is 10.4. The van der Waals surface area contributed by atoms with Crippen LogP contribution in [-0.2, 0) is 16.0 Å². The summed E-state index contributed by atoms with van der Waals surface area (Å²) in [5.74, 6) is 0.693. The first-order chi connectivity index (χ1) is 15.3. The molecule has 0 radical (unpaired) electrons. The molecule has 4 aromatic rings. The van der Waals surface area contributed by atoms with Crippen LogP contribution in [-0.4, -0.2) is 51.7 Å². The fraction of sp³-hybridized carbons (Fsp3) is 0.208. The van der Waals surface area contributed by atoms with Gasteiger partial charge in [0.25, 0.3) is 0 Å². The van der Waals surface area contributed by atoms with E-state index in [2.05, 4.69) is 15.4 Å². The number of carbonyl (C=O) groups is 1. The predicted molar refractivity (Wildman–Crippen MR) is 119 cm³/mol. The van der Waals surface area contributed by atoms with Crippen LogP contribution >= 0.6 is 0 Å². The van der Waals surface area contributed by atoms with Crippen LogP contribution in [0, 0.1) is 0 Å². The Morgan fingerprint density at radius 1 is 0.968 bits per heavy atom. The van der Waals surface area contributed by atoms with Gasteiger partial charge < -0.3 is 15.0 Å². The Kier molecular flexibility index (Phi) is 5.33. The Hall–Kier alpha value is -3.71. The zero-order valence-corrected chi connectivity index (χ0v) is 17.1. The molecule has 1 aliphatic heterocycles. The van der Waals surface area contributed by atoms with Gasteiger partial charge in [-0.1, -0.05) is 42.5 Å². The third kappa shape index (κ3) is 4.27. The van der Waals surface area contributed by atoms with Crippen molar-refractivity contribution < 1.29 is 9.53 Å². The van der Waals surface area contributed by atoms with E-state index in [1.54, 1.807) is 4.52 Å². The van der Waals surface area contributed by atoms with Crippen molar-refractivity contribution in [1.29, 1.82) is 0 Å². The highest BCUT2D eigenvalue weighted by Gasteiger charge is 2.17. The SMILES string of the molecule is O=C(Cc1ccc(-c2cccn3nc(Nc4ccccc4)nc23)cc1)N1CCOCC1. The molecule has 1 aliphatic rings. The highest BCUT2D eigenvalue weighted by molar-refractivity contribution is 5.81. The van der Waals surface area contributed by atoms with Gasteiger partial charge in [-0.15, -0.1) is 5.10 Å². The van der Waals surface area contributed by atoms with E-state index < -0.39 is 0 Å². The molecule has 2 aromatic heterocycles. The van der Waals surface area contributed by atoms with E-state index >= 15 is 0 Å². The lowest BCUT2D eigenvalue weighted by Gasteiger charge is -2.26. The van der Waals surface area contributed by atoms with Gasteiger partial charge in [-0.3, -0.25) is 4.79 Å². The molecule has 1 amide bonds. The van der Waals surface area contributed by atoms with Crippen LogP contribution in [0.5, 0.6) is 0 Å². The summed E-state index contributed by atoms with van der Waals surface area (Å²) < 4.78 is 7.10. The molecule has 0 bridgehead atoms. The maximum atomic E-state index is 12.5. The van der Waals surface area contributed by atoms with Crippen LogP contribution in [0.4, 0.5) is 11.6 Å². The van der Waals surface area contributed by atoms with Crippen molar-refractivity contribution in [2.24, 2.45) is 0 Å². The Morgan fingerprint density at radius 2 is 1.74 bits per heavy atom. The van der Waals surface area contributed by atoms with Gasteiger partial charge in [0.2, 0.25) is 11.9 Å². The number of pyridine rings is 1. The van der Waals surface area contributed by atoms with E-state index in [1.165, 1.54) is 0 Å². The van der Waals surface area contributed by atoms with Crippen molar-refractivity contribution >= 4 is 23.2 Å². The van der Waals surface area contributed by atoms with Gasteiger partial charge in [-0.25, -0.2) is 4.52 Å². The van der Waals surface area contributed by atoms with Crippen LogP contribution in [0.25, 0.3) is 16.8 Å².